The first kappa shape index (κ1) is 14.1. The van der Waals surface area contributed by atoms with Gasteiger partial charge in [0.05, 0.1) is 7.11 Å². The second-order valence-corrected chi connectivity index (χ2v) is 4.20. The van der Waals surface area contributed by atoms with Crippen LogP contribution in [0.3, 0.4) is 0 Å². The van der Waals surface area contributed by atoms with E-state index in [0.29, 0.717) is 0 Å². The molecule has 0 spiro atoms. The molecule has 0 fully saturated rings. The molecule has 0 aromatic heterocycles. The molecule has 1 aromatic rings. The molecular formula is C15H19NO2. The lowest BCUT2D eigenvalue weighted by Gasteiger charge is -2.03. The Balaban J connectivity index is 2.31. The molecule has 0 aliphatic heterocycles. The zero-order valence-corrected chi connectivity index (χ0v) is 11.2. The van der Waals surface area contributed by atoms with Crippen molar-refractivity contribution in [1.82, 2.24) is 4.90 Å². The summed E-state index contributed by atoms with van der Waals surface area (Å²) in [6.45, 7) is 0. The number of carbonyl (C=O) groups is 1. The molecule has 0 saturated carbocycles. The van der Waals surface area contributed by atoms with Crippen molar-refractivity contribution >= 4 is 5.91 Å². The van der Waals surface area contributed by atoms with Crippen LogP contribution in [0.25, 0.3) is 0 Å². The van der Waals surface area contributed by atoms with Crippen LogP contribution in [0.15, 0.2) is 24.3 Å². The lowest BCUT2D eigenvalue weighted by molar-refractivity contribution is -0.122. The van der Waals surface area contributed by atoms with Gasteiger partial charge >= 0.3 is 0 Å². The van der Waals surface area contributed by atoms with Crippen LogP contribution in [-0.2, 0) is 11.2 Å². The second kappa shape index (κ2) is 7.39. The molecule has 3 nitrogen and oxygen atoms in total. The third-order valence-electron chi connectivity index (χ3n) is 2.53. The van der Waals surface area contributed by atoms with Crippen molar-refractivity contribution in [3.8, 4) is 17.6 Å². The number of rotatable bonds is 4. The number of aryl methyl sites for hydroxylation is 1. The maximum Gasteiger partial charge on any atom is 0.297 e. The molecule has 0 unspecified atom stereocenters. The zero-order valence-electron chi connectivity index (χ0n) is 11.2. The van der Waals surface area contributed by atoms with Crippen molar-refractivity contribution in [2.45, 2.75) is 19.3 Å². The van der Waals surface area contributed by atoms with Crippen LogP contribution in [0.5, 0.6) is 5.75 Å². The van der Waals surface area contributed by atoms with Gasteiger partial charge in [0.1, 0.15) is 5.75 Å². The minimum Gasteiger partial charge on any atom is -0.497 e. The van der Waals surface area contributed by atoms with Crippen molar-refractivity contribution in [2.75, 3.05) is 21.2 Å². The fourth-order valence-corrected chi connectivity index (χ4v) is 1.42. The molecular weight excluding hydrogens is 226 g/mol. The molecule has 0 bridgehead atoms. The van der Waals surface area contributed by atoms with Gasteiger partial charge in [0, 0.05) is 20.5 Å². The zero-order chi connectivity index (χ0) is 13.4. The first-order chi connectivity index (χ1) is 8.63. The summed E-state index contributed by atoms with van der Waals surface area (Å²) in [7, 11) is 5.06. The molecule has 1 amide bonds. The van der Waals surface area contributed by atoms with Crippen molar-refractivity contribution in [3.05, 3.63) is 29.8 Å². The summed E-state index contributed by atoms with van der Waals surface area (Å²) in [6, 6.07) is 8.02. The Morgan fingerprint density at radius 3 is 2.50 bits per heavy atom. The highest BCUT2D eigenvalue weighted by Gasteiger charge is 1.96. The van der Waals surface area contributed by atoms with Gasteiger partial charge in [-0.1, -0.05) is 18.1 Å². The van der Waals surface area contributed by atoms with Crippen LogP contribution in [0, 0.1) is 11.8 Å². The largest absolute Gasteiger partial charge is 0.497 e. The molecule has 1 aromatic carbocycles. The van der Waals surface area contributed by atoms with Gasteiger partial charge in [-0.25, -0.2) is 0 Å². The first-order valence-corrected chi connectivity index (χ1v) is 5.96. The molecule has 0 saturated heterocycles. The number of nitrogens with zero attached hydrogens (tertiary/aromatic N) is 1. The average molecular weight is 245 g/mol. The smallest absolute Gasteiger partial charge is 0.297 e. The number of benzene rings is 1. The highest BCUT2D eigenvalue weighted by molar-refractivity contribution is 5.93. The van der Waals surface area contributed by atoms with Gasteiger partial charge in [0.25, 0.3) is 5.91 Å². The predicted octanol–water partition coefficient (Wildman–Crippen LogP) is 2.11. The summed E-state index contributed by atoms with van der Waals surface area (Å²) in [5.41, 5.74) is 1.26. The van der Waals surface area contributed by atoms with Gasteiger partial charge in [-0.2, -0.15) is 0 Å². The molecule has 0 N–H and O–H groups in total. The van der Waals surface area contributed by atoms with Gasteiger partial charge in [0.2, 0.25) is 0 Å². The molecule has 18 heavy (non-hydrogen) atoms. The molecule has 0 radical (unpaired) electrons. The lowest BCUT2D eigenvalue weighted by atomic mass is 10.1. The molecule has 0 aliphatic carbocycles. The minimum atomic E-state index is -0.139. The normalized spacial score (nSPS) is 9.28. The topological polar surface area (TPSA) is 29.5 Å². The number of amides is 1. The molecule has 0 heterocycles. The van der Waals surface area contributed by atoms with Crippen LogP contribution in [0.4, 0.5) is 0 Å². The maximum atomic E-state index is 11.2. The van der Waals surface area contributed by atoms with Crippen molar-refractivity contribution in [2.24, 2.45) is 0 Å². The number of hydrogen-bond acceptors (Lipinski definition) is 2. The SMILES string of the molecule is COc1ccc(CCCC#CC(=O)N(C)C)cc1. The molecule has 0 atom stereocenters. The van der Waals surface area contributed by atoms with Crippen molar-refractivity contribution in [3.63, 3.8) is 0 Å². The van der Waals surface area contributed by atoms with Gasteiger partial charge in [0.15, 0.2) is 0 Å². The Labute approximate surface area is 109 Å². The molecule has 3 heteroatoms. The fraction of sp³-hybridized carbons (Fsp3) is 0.400. The molecule has 96 valence electrons. The summed E-state index contributed by atoms with van der Waals surface area (Å²) in [4.78, 5) is 12.7. The average Bonchev–Trinajstić information content (AvgIpc) is 2.38. The van der Waals surface area contributed by atoms with E-state index in [1.807, 2.05) is 12.1 Å². The quantitative estimate of drug-likeness (QED) is 0.600. The first-order valence-electron chi connectivity index (χ1n) is 5.96. The van der Waals surface area contributed by atoms with E-state index in [4.69, 9.17) is 4.74 Å². The second-order valence-electron chi connectivity index (χ2n) is 4.20. The summed E-state index contributed by atoms with van der Waals surface area (Å²) >= 11 is 0. The van der Waals surface area contributed by atoms with Crippen LogP contribution in [0.1, 0.15) is 18.4 Å². The summed E-state index contributed by atoms with van der Waals surface area (Å²) in [5, 5.41) is 0. The minimum absolute atomic E-state index is 0.139. The third-order valence-corrected chi connectivity index (χ3v) is 2.53. The van der Waals surface area contributed by atoms with Crippen LogP contribution >= 0.6 is 0 Å². The summed E-state index contributed by atoms with van der Waals surface area (Å²) in [5.74, 6) is 6.23. The Kier molecular flexibility index (Phi) is 5.79. The van der Waals surface area contributed by atoms with E-state index in [0.717, 1.165) is 25.0 Å². The standard InChI is InChI=1S/C15H19NO2/c1-16(2)15(17)8-6-4-5-7-13-9-11-14(18-3)12-10-13/h9-12H,4-5,7H2,1-3H3. The van der Waals surface area contributed by atoms with E-state index in [1.165, 1.54) is 10.5 Å². The maximum absolute atomic E-state index is 11.2. The van der Waals surface area contributed by atoms with Crippen LogP contribution < -0.4 is 4.74 Å². The van der Waals surface area contributed by atoms with Gasteiger partial charge in [-0.3, -0.25) is 4.79 Å². The Hall–Kier alpha value is -1.95. The third kappa shape index (κ3) is 4.92. The predicted molar refractivity (Wildman–Crippen MR) is 72.4 cm³/mol. The highest BCUT2D eigenvalue weighted by Crippen LogP contribution is 2.12. The number of carbonyl (C=O) groups excluding carboxylic acids is 1. The van der Waals surface area contributed by atoms with E-state index >= 15 is 0 Å². The van der Waals surface area contributed by atoms with Crippen molar-refractivity contribution in [1.29, 1.82) is 0 Å². The molecule has 0 aliphatic rings. The number of ether oxygens (including phenoxy) is 1. The highest BCUT2D eigenvalue weighted by atomic mass is 16.5. The van der Waals surface area contributed by atoms with Gasteiger partial charge in [-0.05, 0) is 36.5 Å². The summed E-state index contributed by atoms with van der Waals surface area (Å²) in [6.07, 6.45) is 2.67. The van der Waals surface area contributed by atoms with E-state index < -0.39 is 0 Å². The number of unbranched alkanes of at least 4 members (excludes halogenated alkanes) is 1. The Morgan fingerprint density at radius 1 is 1.28 bits per heavy atom. The van der Waals surface area contributed by atoms with Gasteiger partial charge < -0.3 is 9.64 Å². The van der Waals surface area contributed by atoms with E-state index in [2.05, 4.69) is 24.0 Å². The Bertz CT molecular complexity index is 438. The van der Waals surface area contributed by atoms with E-state index in [-0.39, 0.29) is 5.91 Å². The van der Waals surface area contributed by atoms with Crippen molar-refractivity contribution < 1.29 is 9.53 Å². The monoisotopic (exact) mass is 245 g/mol. The number of hydrogen-bond donors (Lipinski definition) is 0. The van der Waals surface area contributed by atoms with Crippen LogP contribution in [-0.4, -0.2) is 32.0 Å². The Morgan fingerprint density at radius 2 is 1.94 bits per heavy atom. The fourth-order valence-electron chi connectivity index (χ4n) is 1.42. The van der Waals surface area contributed by atoms with Gasteiger partial charge in [-0.15, -0.1) is 0 Å². The number of methoxy groups -OCH3 is 1. The van der Waals surface area contributed by atoms with Crippen LogP contribution in [0.2, 0.25) is 0 Å². The molecule has 1 rings (SSSR count). The lowest BCUT2D eigenvalue weighted by Crippen LogP contribution is -2.19. The van der Waals surface area contributed by atoms with E-state index in [9.17, 15) is 4.79 Å². The van der Waals surface area contributed by atoms with E-state index in [1.54, 1.807) is 21.2 Å². The summed E-state index contributed by atoms with van der Waals surface area (Å²) < 4.78 is 5.10.